The Morgan fingerprint density at radius 2 is 1.82 bits per heavy atom. The standard InChI is InChI=1S/C17H25NO4/c1-5-21-16(20)14(11-13-9-7-6-8-10-13)18-12-15(19)22-17(2,3)4/h6-10,14,18H,5,11-12H2,1-4H3/t14-/m1/s1. The molecule has 5 heteroatoms. The molecule has 0 radical (unpaired) electrons. The van der Waals surface area contributed by atoms with E-state index in [-0.39, 0.29) is 12.5 Å². The number of hydrogen-bond donors (Lipinski definition) is 1. The summed E-state index contributed by atoms with van der Waals surface area (Å²) in [6, 6.07) is 9.02. The second kappa shape index (κ2) is 8.54. The van der Waals surface area contributed by atoms with E-state index in [1.807, 2.05) is 30.3 Å². The van der Waals surface area contributed by atoms with Gasteiger partial charge in [0, 0.05) is 0 Å². The summed E-state index contributed by atoms with van der Waals surface area (Å²) in [5, 5.41) is 2.93. The summed E-state index contributed by atoms with van der Waals surface area (Å²) in [5.41, 5.74) is 0.453. The SMILES string of the molecule is CCOC(=O)[C@@H](Cc1ccccc1)NCC(=O)OC(C)(C)C. The van der Waals surface area contributed by atoms with Gasteiger partial charge in [-0.25, -0.2) is 0 Å². The fourth-order valence-corrected chi connectivity index (χ4v) is 1.92. The fraction of sp³-hybridized carbons (Fsp3) is 0.529. The quantitative estimate of drug-likeness (QED) is 0.782. The van der Waals surface area contributed by atoms with Crippen LogP contribution in [-0.2, 0) is 25.5 Å². The van der Waals surface area contributed by atoms with Gasteiger partial charge in [-0.05, 0) is 39.7 Å². The van der Waals surface area contributed by atoms with Crippen LogP contribution in [0.2, 0.25) is 0 Å². The minimum absolute atomic E-state index is 0.0341. The van der Waals surface area contributed by atoms with E-state index >= 15 is 0 Å². The van der Waals surface area contributed by atoms with E-state index < -0.39 is 17.6 Å². The predicted octanol–water partition coefficient (Wildman–Crippen LogP) is 2.09. The second-order valence-electron chi connectivity index (χ2n) is 5.96. The number of nitrogens with one attached hydrogen (secondary N) is 1. The van der Waals surface area contributed by atoms with Crippen LogP contribution in [0, 0.1) is 0 Å². The molecule has 0 unspecified atom stereocenters. The average molecular weight is 307 g/mol. The summed E-state index contributed by atoms with van der Waals surface area (Å²) in [5.74, 6) is -0.759. The molecule has 122 valence electrons. The third-order valence-electron chi connectivity index (χ3n) is 2.77. The maximum absolute atomic E-state index is 12.0. The highest BCUT2D eigenvalue weighted by atomic mass is 16.6. The van der Waals surface area contributed by atoms with Crippen molar-refractivity contribution in [1.29, 1.82) is 0 Å². The summed E-state index contributed by atoms with van der Waals surface area (Å²) < 4.78 is 10.3. The first kappa shape index (κ1) is 18.2. The van der Waals surface area contributed by atoms with Gasteiger partial charge >= 0.3 is 11.9 Å². The summed E-state index contributed by atoms with van der Waals surface area (Å²) >= 11 is 0. The van der Waals surface area contributed by atoms with Gasteiger partial charge in [0.25, 0.3) is 0 Å². The highest BCUT2D eigenvalue weighted by Crippen LogP contribution is 2.08. The van der Waals surface area contributed by atoms with E-state index in [9.17, 15) is 9.59 Å². The molecule has 0 aromatic heterocycles. The van der Waals surface area contributed by atoms with Crippen LogP contribution in [0.25, 0.3) is 0 Å². The van der Waals surface area contributed by atoms with Crippen LogP contribution >= 0.6 is 0 Å². The maximum Gasteiger partial charge on any atom is 0.323 e. The molecule has 0 saturated heterocycles. The molecule has 1 N–H and O–H groups in total. The van der Waals surface area contributed by atoms with Crippen LogP contribution < -0.4 is 5.32 Å². The molecule has 0 saturated carbocycles. The molecule has 1 aromatic rings. The zero-order valence-corrected chi connectivity index (χ0v) is 13.7. The highest BCUT2D eigenvalue weighted by Gasteiger charge is 2.22. The zero-order chi connectivity index (χ0) is 16.6. The molecule has 1 aromatic carbocycles. The van der Waals surface area contributed by atoms with Gasteiger partial charge in [-0.3, -0.25) is 14.9 Å². The Kier molecular flexibility index (Phi) is 7.05. The number of benzene rings is 1. The van der Waals surface area contributed by atoms with Gasteiger partial charge in [0.05, 0.1) is 13.2 Å². The van der Waals surface area contributed by atoms with Crippen molar-refractivity contribution in [2.45, 2.75) is 45.8 Å². The lowest BCUT2D eigenvalue weighted by Gasteiger charge is -2.21. The maximum atomic E-state index is 12.0. The van der Waals surface area contributed by atoms with Crippen LogP contribution in [0.3, 0.4) is 0 Å². The molecule has 0 aliphatic rings. The molecule has 0 spiro atoms. The van der Waals surface area contributed by atoms with E-state index in [2.05, 4.69) is 5.32 Å². The zero-order valence-electron chi connectivity index (χ0n) is 13.7. The number of carbonyl (C=O) groups is 2. The van der Waals surface area contributed by atoms with Crippen molar-refractivity contribution in [3.8, 4) is 0 Å². The molecule has 0 amide bonds. The van der Waals surface area contributed by atoms with E-state index in [0.29, 0.717) is 13.0 Å². The van der Waals surface area contributed by atoms with Crippen molar-refractivity contribution in [1.82, 2.24) is 5.32 Å². The van der Waals surface area contributed by atoms with Crippen molar-refractivity contribution in [3.63, 3.8) is 0 Å². The van der Waals surface area contributed by atoms with Gasteiger partial charge in [0.1, 0.15) is 11.6 Å². The van der Waals surface area contributed by atoms with Crippen LogP contribution in [-0.4, -0.2) is 36.7 Å². The Balaban J connectivity index is 2.62. The first-order chi connectivity index (χ1) is 10.3. The first-order valence-electron chi connectivity index (χ1n) is 7.47. The van der Waals surface area contributed by atoms with E-state index in [1.54, 1.807) is 27.7 Å². The van der Waals surface area contributed by atoms with Crippen LogP contribution in [0.1, 0.15) is 33.3 Å². The number of esters is 2. The van der Waals surface area contributed by atoms with E-state index in [1.165, 1.54) is 0 Å². The monoisotopic (exact) mass is 307 g/mol. The van der Waals surface area contributed by atoms with Crippen LogP contribution in [0.4, 0.5) is 0 Å². The number of ether oxygens (including phenoxy) is 2. The van der Waals surface area contributed by atoms with Crippen molar-refractivity contribution in [3.05, 3.63) is 35.9 Å². The predicted molar refractivity (Wildman–Crippen MR) is 84.4 cm³/mol. The lowest BCUT2D eigenvalue weighted by molar-refractivity contribution is -0.154. The van der Waals surface area contributed by atoms with Crippen molar-refractivity contribution in [2.24, 2.45) is 0 Å². The van der Waals surface area contributed by atoms with Gasteiger partial charge in [-0.1, -0.05) is 30.3 Å². The van der Waals surface area contributed by atoms with Crippen molar-refractivity contribution in [2.75, 3.05) is 13.2 Å². The topological polar surface area (TPSA) is 64.6 Å². The van der Waals surface area contributed by atoms with E-state index in [4.69, 9.17) is 9.47 Å². The molecule has 22 heavy (non-hydrogen) atoms. The van der Waals surface area contributed by atoms with Crippen molar-refractivity contribution < 1.29 is 19.1 Å². The Morgan fingerprint density at radius 1 is 1.18 bits per heavy atom. The van der Waals surface area contributed by atoms with Crippen LogP contribution in [0.5, 0.6) is 0 Å². The smallest absolute Gasteiger partial charge is 0.323 e. The molecule has 1 atom stereocenters. The minimum Gasteiger partial charge on any atom is -0.465 e. The number of carbonyl (C=O) groups excluding carboxylic acids is 2. The second-order valence-corrected chi connectivity index (χ2v) is 5.96. The largest absolute Gasteiger partial charge is 0.465 e. The molecule has 0 fully saturated rings. The van der Waals surface area contributed by atoms with Crippen molar-refractivity contribution >= 4 is 11.9 Å². The van der Waals surface area contributed by atoms with Gasteiger partial charge in [0.15, 0.2) is 0 Å². The summed E-state index contributed by atoms with van der Waals surface area (Å²) in [6.45, 7) is 7.43. The summed E-state index contributed by atoms with van der Waals surface area (Å²) in [7, 11) is 0. The molecule has 1 rings (SSSR count). The molecule has 0 heterocycles. The van der Waals surface area contributed by atoms with Gasteiger partial charge < -0.3 is 9.47 Å². The normalized spacial score (nSPS) is 12.5. The Hall–Kier alpha value is -1.88. The fourth-order valence-electron chi connectivity index (χ4n) is 1.92. The lowest BCUT2D eigenvalue weighted by Crippen LogP contribution is -2.43. The first-order valence-corrected chi connectivity index (χ1v) is 7.47. The van der Waals surface area contributed by atoms with Gasteiger partial charge in [-0.2, -0.15) is 0 Å². The van der Waals surface area contributed by atoms with E-state index in [0.717, 1.165) is 5.56 Å². The third-order valence-corrected chi connectivity index (χ3v) is 2.77. The molecule has 0 aliphatic carbocycles. The lowest BCUT2D eigenvalue weighted by atomic mass is 10.1. The average Bonchev–Trinajstić information content (AvgIpc) is 2.43. The highest BCUT2D eigenvalue weighted by molar-refractivity contribution is 5.78. The molecular weight excluding hydrogens is 282 g/mol. The third kappa shape index (κ3) is 7.22. The molecule has 0 bridgehead atoms. The summed E-state index contributed by atoms with van der Waals surface area (Å²) in [6.07, 6.45) is 0.461. The summed E-state index contributed by atoms with van der Waals surface area (Å²) in [4.78, 5) is 23.8. The van der Waals surface area contributed by atoms with Crippen LogP contribution in [0.15, 0.2) is 30.3 Å². The number of hydrogen-bond acceptors (Lipinski definition) is 5. The Labute approximate surface area is 132 Å². The number of rotatable bonds is 7. The Morgan fingerprint density at radius 3 is 2.36 bits per heavy atom. The van der Waals surface area contributed by atoms with Gasteiger partial charge in [-0.15, -0.1) is 0 Å². The Bertz CT molecular complexity index is 479. The molecular formula is C17H25NO4. The molecule has 0 aliphatic heterocycles. The minimum atomic E-state index is -0.574. The van der Waals surface area contributed by atoms with Gasteiger partial charge in [0.2, 0.25) is 0 Å². The molecule has 5 nitrogen and oxygen atoms in total.